The van der Waals surface area contributed by atoms with Gasteiger partial charge in [-0.2, -0.15) is 0 Å². The molecule has 1 unspecified atom stereocenters. The maximum atomic E-state index is 11.8. The third kappa shape index (κ3) is 6.33. The SMILES string of the molecule is CC(N)CCC(=O)N1CCCCCCC1.Cl. The largest absolute Gasteiger partial charge is 0.343 e. The summed E-state index contributed by atoms with van der Waals surface area (Å²) in [6.45, 7) is 3.87. The second kappa shape index (κ2) is 8.82. The lowest BCUT2D eigenvalue weighted by Crippen LogP contribution is -2.34. The van der Waals surface area contributed by atoms with E-state index in [1.807, 2.05) is 11.8 Å². The van der Waals surface area contributed by atoms with E-state index in [9.17, 15) is 4.79 Å². The van der Waals surface area contributed by atoms with E-state index in [2.05, 4.69) is 0 Å². The number of nitrogens with two attached hydrogens (primary N) is 1. The van der Waals surface area contributed by atoms with Crippen LogP contribution in [0.15, 0.2) is 0 Å². The molecule has 0 spiro atoms. The van der Waals surface area contributed by atoms with Crippen LogP contribution in [0.4, 0.5) is 0 Å². The molecule has 1 atom stereocenters. The van der Waals surface area contributed by atoms with E-state index < -0.39 is 0 Å². The maximum absolute atomic E-state index is 11.8. The minimum absolute atomic E-state index is 0. The molecule has 0 saturated carbocycles. The molecule has 0 aromatic heterocycles. The Hall–Kier alpha value is -0.280. The molecule has 0 radical (unpaired) electrons. The number of rotatable bonds is 3. The van der Waals surface area contributed by atoms with Crippen LogP contribution in [-0.2, 0) is 4.79 Å². The van der Waals surface area contributed by atoms with Crippen molar-refractivity contribution in [2.75, 3.05) is 13.1 Å². The van der Waals surface area contributed by atoms with Gasteiger partial charge < -0.3 is 10.6 Å². The highest BCUT2D eigenvalue weighted by Crippen LogP contribution is 2.12. The average Bonchev–Trinajstić information content (AvgIpc) is 2.13. The molecule has 0 aromatic carbocycles. The van der Waals surface area contributed by atoms with Crippen molar-refractivity contribution in [3.05, 3.63) is 0 Å². The molecule has 96 valence electrons. The molecule has 1 heterocycles. The molecular weight excluding hydrogens is 224 g/mol. The predicted octanol–water partition coefficient (Wildman–Crippen LogP) is 2.33. The monoisotopic (exact) mass is 248 g/mol. The minimum atomic E-state index is 0. The Bertz CT molecular complexity index is 189. The first-order chi connectivity index (χ1) is 7.20. The van der Waals surface area contributed by atoms with Crippen LogP contribution in [0.2, 0.25) is 0 Å². The Morgan fingerprint density at radius 1 is 1.19 bits per heavy atom. The summed E-state index contributed by atoms with van der Waals surface area (Å²) in [6.07, 6.45) is 7.66. The molecule has 2 N–H and O–H groups in total. The number of hydrogen-bond donors (Lipinski definition) is 1. The van der Waals surface area contributed by atoms with Crippen molar-refractivity contribution in [2.24, 2.45) is 5.73 Å². The number of amides is 1. The van der Waals surface area contributed by atoms with Gasteiger partial charge in [-0.05, 0) is 26.2 Å². The van der Waals surface area contributed by atoms with Gasteiger partial charge in [0.15, 0.2) is 0 Å². The molecule has 1 fully saturated rings. The lowest BCUT2D eigenvalue weighted by Gasteiger charge is -2.25. The number of halogens is 1. The van der Waals surface area contributed by atoms with Crippen molar-refractivity contribution in [3.63, 3.8) is 0 Å². The van der Waals surface area contributed by atoms with Crippen LogP contribution in [0, 0.1) is 0 Å². The minimum Gasteiger partial charge on any atom is -0.343 e. The van der Waals surface area contributed by atoms with Gasteiger partial charge in [-0.3, -0.25) is 4.79 Å². The Kier molecular flexibility index (Phi) is 8.67. The van der Waals surface area contributed by atoms with Crippen LogP contribution >= 0.6 is 12.4 Å². The Balaban J connectivity index is 0.00000225. The molecule has 0 aliphatic carbocycles. The Morgan fingerprint density at radius 3 is 2.19 bits per heavy atom. The third-order valence-corrected chi connectivity index (χ3v) is 3.02. The summed E-state index contributed by atoms with van der Waals surface area (Å²) >= 11 is 0. The van der Waals surface area contributed by atoms with Crippen LogP contribution in [-0.4, -0.2) is 29.9 Å². The number of carbonyl (C=O) groups excluding carboxylic acids is 1. The highest BCUT2D eigenvalue weighted by Gasteiger charge is 2.14. The summed E-state index contributed by atoms with van der Waals surface area (Å²) in [5.74, 6) is 0.300. The highest BCUT2D eigenvalue weighted by atomic mass is 35.5. The lowest BCUT2D eigenvalue weighted by atomic mass is 10.1. The van der Waals surface area contributed by atoms with Crippen molar-refractivity contribution in [3.8, 4) is 0 Å². The fraction of sp³-hybridized carbons (Fsp3) is 0.917. The van der Waals surface area contributed by atoms with Gasteiger partial charge in [0, 0.05) is 25.6 Å². The molecule has 1 aliphatic rings. The number of nitrogens with zero attached hydrogens (tertiary/aromatic N) is 1. The number of hydrogen-bond acceptors (Lipinski definition) is 2. The molecule has 3 nitrogen and oxygen atoms in total. The van der Waals surface area contributed by atoms with Crippen LogP contribution < -0.4 is 5.73 Å². The van der Waals surface area contributed by atoms with Gasteiger partial charge in [-0.1, -0.05) is 19.3 Å². The molecule has 0 aromatic rings. The zero-order valence-corrected chi connectivity index (χ0v) is 11.1. The van der Waals surface area contributed by atoms with E-state index in [0.717, 1.165) is 19.5 Å². The van der Waals surface area contributed by atoms with E-state index in [1.165, 1.54) is 32.1 Å². The van der Waals surface area contributed by atoms with Crippen LogP contribution in [0.3, 0.4) is 0 Å². The molecular formula is C12H25ClN2O. The van der Waals surface area contributed by atoms with Gasteiger partial charge in [0.2, 0.25) is 5.91 Å². The van der Waals surface area contributed by atoms with Crippen LogP contribution in [0.25, 0.3) is 0 Å². The lowest BCUT2D eigenvalue weighted by molar-refractivity contribution is -0.131. The topological polar surface area (TPSA) is 46.3 Å². The maximum Gasteiger partial charge on any atom is 0.222 e. The fourth-order valence-electron chi connectivity index (χ4n) is 2.01. The van der Waals surface area contributed by atoms with E-state index in [0.29, 0.717) is 12.3 Å². The second-order valence-electron chi connectivity index (χ2n) is 4.66. The molecule has 1 amide bonds. The van der Waals surface area contributed by atoms with Crippen molar-refractivity contribution in [1.29, 1.82) is 0 Å². The first-order valence-electron chi connectivity index (χ1n) is 6.23. The van der Waals surface area contributed by atoms with E-state index in [-0.39, 0.29) is 18.4 Å². The summed E-state index contributed by atoms with van der Waals surface area (Å²) in [5, 5.41) is 0. The number of likely N-dealkylation sites (tertiary alicyclic amines) is 1. The third-order valence-electron chi connectivity index (χ3n) is 3.02. The van der Waals surface area contributed by atoms with Crippen molar-refractivity contribution in [1.82, 2.24) is 4.90 Å². The van der Waals surface area contributed by atoms with Gasteiger partial charge in [0.1, 0.15) is 0 Å². The van der Waals surface area contributed by atoms with Gasteiger partial charge in [0.25, 0.3) is 0 Å². The molecule has 1 saturated heterocycles. The van der Waals surface area contributed by atoms with Crippen molar-refractivity contribution < 1.29 is 4.79 Å². The highest BCUT2D eigenvalue weighted by molar-refractivity contribution is 5.85. The molecule has 1 aliphatic heterocycles. The fourth-order valence-corrected chi connectivity index (χ4v) is 2.01. The smallest absolute Gasteiger partial charge is 0.222 e. The van der Waals surface area contributed by atoms with Gasteiger partial charge >= 0.3 is 0 Å². The summed E-state index contributed by atoms with van der Waals surface area (Å²) in [4.78, 5) is 13.9. The molecule has 1 rings (SSSR count). The molecule has 0 bridgehead atoms. The van der Waals surface area contributed by atoms with Gasteiger partial charge in [-0.25, -0.2) is 0 Å². The standard InChI is InChI=1S/C12H24N2O.ClH/c1-11(13)7-8-12(15)14-9-5-3-2-4-6-10-14;/h11H,2-10,13H2,1H3;1H. The molecule has 16 heavy (non-hydrogen) atoms. The summed E-state index contributed by atoms with van der Waals surface area (Å²) in [6, 6.07) is 0.142. The van der Waals surface area contributed by atoms with Crippen molar-refractivity contribution in [2.45, 2.75) is 57.9 Å². The van der Waals surface area contributed by atoms with E-state index in [1.54, 1.807) is 0 Å². The van der Waals surface area contributed by atoms with Gasteiger partial charge in [-0.15, -0.1) is 12.4 Å². The quantitative estimate of drug-likeness (QED) is 0.833. The van der Waals surface area contributed by atoms with Crippen LogP contribution in [0.5, 0.6) is 0 Å². The normalized spacial score (nSPS) is 19.2. The Labute approximate surface area is 105 Å². The van der Waals surface area contributed by atoms with Crippen molar-refractivity contribution >= 4 is 18.3 Å². The van der Waals surface area contributed by atoms with E-state index >= 15 is 0 Å². The molecule has 4 heteroatoms. The summed E-state index contributed by atoms with van der Waals surface area (Å²) in [5.41, 5.74) is 5.66. The van der Waals surface area contributed by atoms with E-state index in [4.69, 9.17) is 5.73 Å². The first kappa shape index (κ1) is 15.7. The second-order valence-corrected chi connectivity index (χ2v) is 4.66. The Morgan fingerprint density at radius 2 is 1.69 bits per heavy atom. The first-order valence-corrected chi connectivity index (χ1v) is 6.23. The zero-order valence-electron chi connectivity index (χ0n) is 10.3. The van der Waals surface area contributed by atoms with Crippen LogP contribution in [0.1, 0.15) is 51.9 Å². The summed E-state index contributed by atoms with van der Waals surface area (Å²) in [7, 11) is 0. The average molecular weight is 249 g/mol. The summed E-state index contributed by atoms with van der Waals surface area (Å²) < 4.78 is 0. The number of carbonyl (C=O) groups is 1. The predicted molar refractivity (Wildman–Crippen MR) is 69.8 cm³/mol. The zero-order chi connectivity index (χ0) is 11.1. The van der Waals surface area contributed by atoms with Gasteiger partial charge in [0.05, 0.1) is 0 Å².